The highest BCUT2D eigenvalue weighted by molar-refractivity contribution is 7.89. The number of sulfonamides is 1. The minimum absolute atomic E-state index is 0.0315. The van der Waals surface area contributed by atoms with Crippen LogP contribution in [0.4, 0.5) is 5.82 Å². The Hall–Kier alpha value is -1.67. The molecule has 0 fully saturated rings. The Morgan fingerprint density at radius 2 is 1.86 bits per heavy atom. The molecule has 0 radical (unpaired) electrons. The van der Waals surface area contributed by atoms with E-state index in [4.69, 9.17) is 5.11 Å². The van der Waals surface area contributed by atoms with Crippen molar-refractivity contribution in [3.63, 3.8) is 0 Å². The van der Waals surface area contributed by atoms with E-state index in [-0.39, 0.29) is 29.9 Å². The number of carbonyl (C=O) groups is 1. The van der Waals surface area contributed by atoms with Gasteiger partial charge >= 0.3 is 5.97 Å². The number of nitrogens with zero attached hydrogens (tertiary/aromatic N) is 2. The fraction of sp³-hybridized carbons (Fsp3) is 0.571. The third-order valence-corrected chi connectivity index (χ3v) is 5.21. The zero-order valence-corrected chi connectivity index (χ0v) is 14.1. The lowest BCUT2D eigenvalue weighted by atomic mass is 10.3. The molecule has 124 valence electrons. The molecule has 1 aromatic rings. The van der Waals surface area contributed by atoms with Gasteiger partial charge in [0.1, 0.15) is 10.7 Å². The van der Waals surface area contributed by atoms with Gasteiger partial charge in [0.25, 0.3) is 0 Å². The van der Waals surface area contributed by atoms with Crippen LogP contribution in [0, 0.1) is 0 Å². The Labute approximate surface area is 131 Å². The molecule has 0 aliphatic carbocycles. The summed E-state index contributed by atoms with van der Waals surface area (Å²) in [6.45, 7) is 7.54. The monoisotopic (exact) mass is 329 g/mol. The lowest BCUT2D eigenvalue weighted by Crippen LogP contribution is -2.41. The van der Waals surface area contributed by atoms with Crippen LogP contribution < -0.4 is 5.32 Å². The van der Waals surface area contributed by atoms with E-state index in [9.17, 15) is 13.2 Å². The molecule has 8 heteroatoms. The highest BCUT2D eigenvalue weighted by Crippen LogP contribution is 2.21. The third-order valence-electron chi connectivity index (χ3n) is 2.97. The first-order valence-corrected chi connectivity index (χ1v) is 8.55. The van der Waals surface area contributed by atoms with Crippen molar-refractivity contribution in [2.45, 2.75) is 51.1 Å². The second-order valence-electron chi connectivity index (χ2n) is 5.47. The number of aliphatic carboxylic acids is 1. The summed E-state index contributed by atoms with van der Waals surface area (Å²) >= 11 is 0. The van der Waals surface area contributed by atoms with Crippen molar-refractivity contribution in [1.29, 1.82) is 0 Å². The Morgan fingerprint density at radius 3 is 2.27 bits per heavy atom. The van der Waals surface area contributed by atoms with Gasteiger partial charge in [-0.25, -0.2) is 13.4 Å². The number of pyridine rings is 1. The summed E-state index contributed by atoms with van der Waals surface area (Å²) in [6.07, 6.45) is 1.26. The van der Waals surface area contributed by atoms with E-state index in [0.29, 0.717) is 5.82 Å². The molecule has 22 heavy (non-hydrogen) atoms. The largest absolute Gasteiger partial charge is 0.481 e. The number of aromatic nitrogens is 1. The van der Waals surface area contributed by atoms with E-state index in [1.807, 2.05) is 27.7 Å². The highest BCUT2D eigenvalue weighted by atomic mass is 32.2. The van der Waals surface area contributed by atoms with Crippen LogP contribution in [0.3, 0.4) is 0 Å². The van der Waals surface area contributed by atoms with Crippen molar-refractivity contribution in [3.8, 4) is 0 Å². The number of hydrogen-bond acceptors (Lipinski definition) is 5. The fourth-order valence-corrected chi connectivity index (χ4v) is 3.99. The normalized spacial score (nSPS) is 12.1. The van der Waals surface area contributed by atoms with Crippen LogP contribution in [0.1, 0.15) is 34.1 Å². The zero-order valence-electron chi connectivity index (χ0n) is 13.3. The molecule has 7 nitrogen and oxygen atoms in total. The van der Waals surface area contributed by atoms with Gasteiger partial charge in [-0.1, -0.05) is 0 Å². The van der Waals surface area contributed by atoms with Gasteiger partial charge in [-0.2, -0.15) is 4.31 Å². The molecule has 1 aromatic heterocycles. The van der Waals surface area contributed by atoms with Crippen LogP contribution in [0.5, 0.6) is 0 Å². The lowest BCUT2D eigenvalue weighted by molar-refractivity contribution is -0.136. The molecule has 0 aromatic carbocycles. The molecule has 0 aliphatic rings. The third kappa shape index (κ3) is 4.67. The number of nitrogens with one attached hydrogen (secondary N) is 1. The summed E-state index contributed by atoms with van der Waals surface area (Å²) in [6, 6.07) is 2.70. The van der Waals surface area contributed by atoms with Crippen LogP contribution in [-0.2, 0) is 14.8 Å². The molecule has 1 rings (SSSR count). The van der Waals surface area contributed by atoms with Gasteiger partial charge in [0.2, 0.25) is 10.0 Å². The van der Waals surface area contributed by atoms with E-state index in [1.54, 1.807) is 0 Å². The van der Waals surface area contributed by atoms with Crippen LogP contribution in [0.15, 0.2) is 23.2 Å². The summed E-state index contributed by atoms with van der Waals surface area (Å²) in [7, 11) is -3.60. The molecular weight excluding hydrogens is 306 g/mol. The predicted molar refractivity (Wildman–Crippen MR) is 84.3 cm³/mol. The van der Waals surface area contributed by atoms with E-state index < -0.39 is 16.0 Å². The number of carboxylic acids is 1. The summed E-state index contributed by atoms with van der Waals surface area (Å²) in [5.41, 5.74) is 0. The molecule has 1 heterocycles. The van der Waals surface area contributed by atoms with Crippen molar-refractivity contribution < 1.29 is 18.3 Å². The maximum absolute atomic E-state index is 12.6. The molecule has 2 N–H and O–H groups in total. The SMILES string of the molecule is CC(C)N(C(C)C)S(=O)(=O)c1ccc(NCCC(=O)O)nc1. The Kier molecular flexibility index (Phi) is 6.31. The maximum Gasteiger partial charge on any atom is 0.305 e. The van der Waals surface area contributed by atoms with Gasteiger partial charge in [0, 0.05) is 24.8 Å². The second kappa shape index (κ2) is 7.55. The van der Waals surface area contributed by atoms with Gasteiger partial charge in [0.05, 0.1) is 6.42 Å². The predicted octanol–water partition coefficient (Wildman–Crippen LogP) is 1.78. The molecular formula is C14H23N3O4S. The lowest BCUT2D eigenvalue weighted by Gasteiger charge is -2.29. The number of hydrogen-bond donors (Lipinski definition) is 2. The van der Waals surface area contributed by atoms with Crippen molar-refractivity contribution in [3.05, 3.63) is 18.3 Å². The van der Waals surface area contributed by atoms with E-state index in [0.717, 1.165) is 0 Å². The molecule has 0 spiro atoms. The molecule has 0 saturated heterocycles. The molecule has 0 atom stereocenters. The molecule has 0 saturated carbocycles. The standard InChI is InChI=1S/C14H23N3O4S/c1-10(2)17(11(3)4)22(20,21)12-5-6-13(16-9-12)15-8-7-14(18)19/h5-6,9-11H,7-8H2,1-4H3,(H,15,16)(H,18,19). The Bertz CT molecular complexity index is 589. The summed E-state index contributed by atoms with van der Waals surface area (Å²) in [4.78, 5) is 14.6. The van der Waals surface area contributed by atoms with E-state index >= 15 is 0 Å². The summed E-state index contributed by atoms with van der Waals surface area (Å²) in [5.74, 6) is -0.461. The number of rotatable bonds is 8. The minimum atomic E-state index is -3.60. The van der Waals surface area contributed by atoms with Gasteiger partial charge in [0.15, 0.2) is 0 Å². The highest BCUT2D eigenvalue weighted by Gasteiger charge is 2.29. The minimum Gasteiger partial charge on any atom is -0.481 e. The Balaban J connectivity index is 2.91. The fourth-order valence-electron chi connectivity index (χ4n) is 2.21. The first-order chi connectivity index (χ1) is 10.2. The molecule has 0 amide bonds. The maximum atomic E-state index is 12.6. The van der Waals surface area contributed by atoms with Crippen molar-refractivity contribution in [1.82, 2.24) is 9.29 Å². The van der Waals surface area contributed by atoms with Crippen molar-refractivity contribution in [2.75, 3.05) is 11.9 Å². The van der Waals surface area contributed by atoms with Crippen LogP contribution in [0.2, 0.25) is 0 Å². The average molecular weight is 329 g/mol. The first-order valence-electron chi connectivity index (χ1n) is 7.11. The number of carboxylic acid groups (broad SMARTS) is 1. The molecule has 0 bridgehead atoms. The van der Waals surface area contributed by atoms with Crippen LogP contribution in [-0.4, -0.2) is 47.4 Å². The molecule has 0 aliphatic heterocycles. The van der Waals surface area contributed by atoms with Gasteiger partial charge in [-0.3, -0.25) is 4.79 Å². The smallest absolute Gasteiger partial charge is 0.305 e. The summed E-state index contributed by atoms with van der Waals surface area (Å²) in [5, 5.41) is 11.4. The van der Waals surface area contributed by atoms with E-state index in [1.165, 1.54) is 22.6 Å². The Morgan fingerprint density at radius 1 is 1.27 bits per heavy atom. The van der Waals surface area contributed by atoms with Crippen LogP contribution >= 0.6 is 0 Å². The van der Waals surface area contributed by atoms with Gasteiger partial charge < -0.3 is 10.4 Å². The van der Waals surface area contributed by atoms with Gasteiger partial charge in [-0.05, 0) is 39.8 Å². The first kappa shape index (κ1) is 18.4. The molecule has 0 unspecified atom stereocenters. The van der Waals surface area contributed by atoms with E-state index in [2.05, 4.69) is 10.3 Å². The van der Waals surface area contributed by atoms with Crippen LogP contribution in [0.25, 0.3) is 0 Å². The topological polar surface area (TPSA) is 99.6 Å². The summed E-state index contributed by atoms with van der Waals surface area (Å²) < 4.78 is 26.7. The average Bonchev–Trinajstić information content (AvgIpc) is 2.37. The van der Waals surface area contributed by atoms with Crippen molar-refractivity contribution in [2.24, 2.45) is 0 Å². The second-order valence-corrected chi connectivity index (χ2v) is 7.32. The quantitative estimate of drug-likeness (QED) is 0.754. The van der Waals surface area contributed by atoms with Gasteiger partial charge in [-0.15, -0.1) is 0 Å². The van der Waals surface area contributed by atoms with Crippen molar-refractivity contribution >= 4 is 21.8 Å². The number of anilines is 1. The zero-order chi connectivity index (χ0) is 16.9.